The third-order valence-corrected chi connectivity index (χ3v) is 5.25. The van der Waals surface area contributed by atoms with Crippen molar-refractivity contribution >= 4 is 40.8 Å². The van der Waals surface area contributed by atoms with E-state index in [2.05, 4.69) is 15.6 Å². The number of nitrogens with two attached hydrogens (primary N) is 1. The van der Waals surface area contributed by atoms with Gasteiger partial charge in [-0.05, 0) is 17.4 Å². The zero-order valence-electron chi connectivity index (χ0n) is 15.4. The smallest absolute Gasteiger partial charge is 0.383 e. The Bertz CT molecular complexity index is 1290. The maximum Gasteiger partial charge on any atom is 0.435 e. The fourth-order valence-corrected chi connectivity index (χ4v) is 3.61. The normalized spacial score (nSPS) is 10.3. The predicted octanol–water partition coefficient (Wildman–Crippen LogP) is 1.56. The van der Waals surface area contributed by atoms with Crippen LogP contribution >= 0.6 is 23.4 Å². The van der Waals surface area contributed by atoms with Gasteiger partial charge in [0.15, 0.2) is 7.05 Å². The maximum absolute atomic E-state index is 12.3. The molecule has 1 amide bonds. The molecule has 3 aromatic rings. The average Bonchev–Trinajstić information content (AvgIpc) is 3.05. The first-order valence-electron chi connectivity index (χ1n) is 8.26. The molecule has 10 nitrogen and oxygen atoms in total. The summed E-state index contributed by atoms with van der Waals surface area (Å²) in [7, 11) is 1.48. The van der Waals surface area contributed by atoms with E-state index >= 15 is 0 Å². The summed E-state index contributed by atoms with van der Waals surface area (Å²) in [6.07, 6.45) is 0. The van der Waals surface area contributed by atoms with Gasteiger partial charge in [0.05, 0.1) is 22.0 Å². The standard InChI is InChI=1S/C18H12ClN7O3S/c1-26-15(18(28)29-25-26)14-9(6-20)16(22)24-17(10(14)7-21)30-8-13(27)23-12-5-3-2-4-11(12)19/h2-5H,8H2,1H3,(H3-,22,23,24,25,27,28)/p+1. The van der Waals surface area contributed by atoms with E-state index in [1.54, 1.807) is 24.3 Å². The molecule has 0 unspecified atom stereocenters. The van der Waals surface area contributed by atoms with E-state index in [4.69, 9.17) is 21.9 Å². The number of nitrogens with zero attached hydrogens (tertiary/aromatic N) is 4. The number of carbonyl (C=O) groups excluding carboxylic acids is 1. The minimum absolute atomic E-state index is 0.0148. The van der Waals surface area contributed by atoms with Crippen LogP contribution in [0.15, 0.2) is 38.6 Å². The predicted molar refractivity (Wildman–Crippen MR) is 108 cm³/mol. The van der Waals surface area contributed by atoms with Crippen molar-refractivity contribution in [1.82, 2.24) is 10.3 Å². The summed E-state index contributed by atoms with van der Waals surface area (Å²) in [6.45, 7) is 0. The Morgan fingerprint density at radius 3 is 2.67 bits per heavy atom. The number of aromatic nitrogens is 3. The quantitative estimate of drug-likeness (QED) is 0.395. The summed E-state index contributed by atoms with van der Waals surface area (Å²) >= 11 is 6.96. The van der Waals surface area contributed by atoms with E-state index in [9.17, 15) is 20.1 Å². The van der Waals surface area contributed by atoms with Crippen LogP contribution in [0.25, 0.3) is 11.3 Å². The molecule has 0 aliphatic heterocycles. The molecule has 0 saturated heterocycles. The highest BCUT2D eigenvalue weighted by molar-refractivity contribution is 8.00. The number of rotatable bonds is 5. The number of hydrogen-bond acceptors (Lipinski definition) is 8. The minimum atomic E-state index is -0.788. The lowest BCUT2D eigenvalue weighted by Gasteiger charge is -2.10. The summed E-state index contributed by atoms with van der Waals surface area (Å²) in [5.41, 5.74) is 5.24. The van der Waals surface area contributed by atoms with E-state index in [1.165, 1.54) is 11.7 Å². The molecule has 2 heterocycles. The molecule has 0 atom stereocenters. The molecule has 0 fully saturated rings. The molecule has 30 heavy (non-hydrogen) atoms. The molecular formula is C18H13ClN7O3S+. The number of pyridine rings is 1. The third kappa shape index (κ3) is 3.98. The summed E-state index contributed by atoms with van der Waals surface area (Å²) in [4.78, 5) is 28.5. The molecule has 0 bridgehead atoms. The van der Waals surface area contributed by atoms with Crippen LogP contribution in [0.1, 0.15) is 11.1 Å². The van der Waals surface area contributed by atoms with Crippen LogP contribution < -0.4 is 21.4 Å². The van der Waals surface area contributed by atoms with Gasteiger partial charge >= 0.3 is 11.3 Å². The molecule has 1 aromatic carbocycles. The van der Waals surface area contributed by atoms with Gasteiger partial charge in [-0.15, -0.1) is 0 Å². The van der Waals surface area contributed by atoms with Gasteiger partial charge in [-0.25, -0.2) is 9.78 Å². The van der Waals surface area contributed by atoms with Crippen molar-refractivity contribution in [2.75, 3.05) is 16.8 Å². The molecule has 2 aromatic heterocycles. The highest BCUT2D eigenvalue weighted by Gasteiger charge is 2.31. The topological polar surface area (TPSA) is 165 Å². The number of amides is 1. The number of nitrogens with one attached hydrogen (secondary N) is 2. The number of nitriles is 2. The third-order valence-electron chi connectivity index (χ3n) is 3.94. The van der Waals surface area contributed by atoms with Crippen molar-refractivity contribution in [2.24, 2.45) is 7.05 Å². The Hall–Kier alpha value is -3.80. The molecule has 0 spiro atoms. The highest BCUT2D eigenvalue weighted by Crippen LogP contribution is 2.33. The number of hydrogen-bond donors (Lipinski definition) is 3. The lowest BCUT2D eigenvalue weighted by molar-refractivity contribution is -0.730. The lowest BCUT2D eigenvalue weighted by atomic mass is 10.0. The summed E-state index contributed by atoms with van der Waals surface area (Å²) in [6, 6.07) is 10.5. The number of carbonyl (C=O) groups is 1. The maximum atomic E-state index is 12.3. The number of H-pyrrole nitrogens is 1. The van der Waals surface area contributed by atoms with Gasteiger partial charge in [-0.1, -0.05) is 40.2 Å². The number of para-hydroxylation sites is 1. The molecule has 0 aliphatic carbocycles. The number of benzene rings is 1. The van der Waals surface area contributed by atoms with Crippen molar-refractivity contribution < 1.29 is 14.0 Å². The van der Waals surface area contributed by atoms with Gasteiger partial charge in [0.1, 0.15) is 34.1 Å². The largest absolute Gasteiger partial charge is 0.435 e. The van der Waals surface area contributed by atoms with Crippen molar-refractivity contribution in [1.29, 1.82) is 10.5 Å². The minimum Gasteiger partial charge on any atom is -0.383 e. The van der Waals surface area contributed by atoms with Crippen LogP contribution in [0.3, 0.4) is 0 Å². The fourth-order valence-electron chi connectivity index (χ4n) is 2.63. The molecule has 3 rings (SSSR count). The van der Waals surface area contributed by atoms with E-state index in [0.717, 1.165) is 11.8 Å². The van der Waals surface area contributed by atoms with Crippen molar-refractivity contribution in [3.8, 4) is 23.4 Å². The molecule has 150 valence electrons. The van der Waals surface area contributed by atoms with Crippen LogP contribution in [0, 0.1) is 22.7 Å². The van der Waals surface area contributed by atoms with Gasteiger partial charge in [-0.2, -0.15) is 10.5 Å². The Morgan fingerprint density at radius 2 is 2.07 bits per heavy atom. The Labute approximate surface area is 178 Å². The zero-order valence-corrected chi connectivity index (χ0v) is 17.0. The fraction of sp³-hybridized carbons (Fsp3) is 0.111. The number of halogens is 1. The molecular weight excluding hydrogens is 430 g/mol. The van der Waals surface area contributed by atoms with E-state index in [1.807, 2.05) is 12.1 Å². The molecule has 4 N–H and O–H groups in total. The summed E-state index contributed by atoms with van der Waals surface area (Å²) < 4.78 is 5.94. The van der Waals surface area contributed by atoms with E-state index in [0.29, 0.717) is 10.7 Å². The van der Waals surface area contributed by atoms with Crippen LogP contribution in [0.4, 0.5) is 11.5 Å². The van der Waals surface area contributed by atoms with E-state index < -0.39 is 11.5 Å². The molecule has 0 radical (unpaired) electrons. The second kappa shape index (κ2) is 8.69. The van der Waals surface area contributed by atoms with Gasteiger partial charge in [0, 0.05) is 0 Å². The van der Waals surface area contributed by atoms with Gasteiger partial charge in [0.25, 0.3) is 0 Å². The number of anilines is 2. The van der Waals surface area contributed by atoms with Gasteiger partial charge in [-0.3, -0.25) is 9.32 Å². The number of aromatic amines is 1. The second-order valence-corrected chi connectivity index (χ2v) is 7.23. The van der Waals surface area contributed by atoms with Gasteiger partial charge < -0.3 is 11.1 Å². The average molecular weight is 443 g/mol. The van der Waals surface area contributed by atoms with Crippen LogP contribution in [0.2, 0.25) is 5.02 Å². The molecule has 12 heteroatoms. The highest BCUT2D eigenvalue weighted by atomic mass is 35.5. The monoisotopic (exact) mass is 442 g/mol. The first-order chi connectivity index (χ1) is 14.4. The first-order valence-corrected chi connectivity index (χ1v) is 9.62. The summed E-state index contributed by atoms with van der Waals surface area (Å²) in [5.74, 6) is -0.693. The lowest BCUT2D eigenvalue weighted by Crippen LogP contribution is -2.34. The van der Waals surface area contributed by atoms with E-state index in [-0.39, 0.29) is 39.0 Å². The Balaban J connectivity index is 1.98. The first kappa shape index (κ1) is 20.9. The Morgan fingerprint density at radius 1 is 1.37 bits per heavy atom. The Kier molecular flexibility index (Phi) is 6.06. The molecule has 0 aliphatic rings. The van der Waals surface area contributed by atoms with Crippen LogP contribution in [-0.4, -0.2) is 21.9 Å². The van der Waals surface area contributed by atoms with Crippen LogP contribution in [-0.2, 0) is 11.8 Å². The summed E-state index contributed by atoms with van der Waals surface area (Å²) in [5, 5.41) is 24.6. The van der Waals surface area contributed by atoms with Crippen molar-refractivity contribution in [3.63, 3.8) is 0 Å². The molecule has 0 saturated carbocycles. The SMILES string of the molecule is C[n+]1[nH]oc(=O)c1-c1c(C#N)c(N)nc(SCC(=O)Nc2ccccc2Cl)c1C#N. The number of thioether (sulfide) groups is 1. The number of nitrogen functional groups attached to an aromatic ring is 1. The number of aryl methyl sites for hydroxylation is 1. The second-order valence-electron chi connectivity index (χ2n) is 5.86. The van der Waals surface area contributed by atoms with Crippen molar-refractivity contribution in [2.45, 2.75) is 5.03 Å². The zero-order chi connectivity index (χ0) is 21.8. The van der Waals surface area contributed by atoms with Gasteiger partial charge in [0.2, 0.25) is 5.91 Å². The van der Waals surface area contributed by atoms with Crippen molar-refractivity contribution in [3.05, 3.63) is 50.8 Å². The van der Waals surface area contributed by atoms with Crippen LogP contribution in [0.5, 0.6) is 0 Å².